The van der Waals surface area contributed by atoms with E-state index in [1.165, 1.54) is 0 Å². The van der Waals surface area contributed by atoms with Crippen molar-refractivity contribution < 1.29 is 14.6 Å². The third kappa shape index (κ3) is 1.73. The van der Waals surface area contributed by atoms with Crippen LogP contribution in [0, 0.1) is 6.92 Å². The van der Waals surface area contributed by atoms with Crippen LogP contribution in [-0.2, 0) is 11.8 Å². The molecule has 1 aromatic heterocycles. The molecule has 96 valence electrons. The summed E-state index contributed by atoms with van der Waals surface area (Å²) in [7, 11) is 3.47. The summed E-state index contributed by atoms with van der Waals surface area (Å²) in [5.74, 6) is -0.347. The lowest BCUT2D eigenvalue weighted by atomic mass is 10.0. The first-order valence-electron chi connectivity index (χ1n) is 5.58. The van der Waals surface area contributed by atoms with Crippen LogP contribution in [-0.4, -0.2) is 22.8 Å². The third-order valence-corrected chi connectivity index (χ3v) is 3.33. The Hall–Kier alpha value is -2.01. The number of ether oxygens (including phenoxy) is 1. The zero-order valence-corrected chi connectivity index (χ0v) is 10.6. The van der Waals surface area contributed by atoms with Crippen LogP contribution in [0.3, 0.4) is 0 Å². The number of carbonyl (C=O) groups is 1. The number of rotatable bonds is 3. The van der Waals surface area contributed by atoms with Crippen molar-refractivity contribution in [3.05, 3.63) is 29.5 Å². The van der Waals surface area contributed by atoms with Gasteiger partial charge in [-0.05, 0) is 25.1 Å². The molecular formula is C13H16N2O3. The Bertz CT molecular complexity index is 616. The standard InChI is InChI=1S/C13H16N2O3/c1-7-11(12(14)13(16)17)9-6-8(18-3)4-5-10(9)15(7)2/h4-6,12H,14H2,1-3H3,(H,16,17). The van der Waals surface area contributed by atoms with E-state index >= 15 is 0 Å². The number of methoxy groups -OCH3 is 1. The van der Waals surface area contributed by atoms with E-state index in [1.54, 1.807) is 7.11 Å². The number of nitrogens with zero attached hydrogens (tertiary/aromatic N) is 1. The fourth-order valence-electron chi connectivity index (χ4n) is 2.22. The highest BCUT2D eigenvalue weighted by atomic mass is 16.5. The molecule has 5 heteroatoms. The molecular weight excluding hydrogens is 232 g/mol. The summed E-state index contributed by atoms with van der Waals surface area (Å²) in [6.45, 7) is 1.87. The van der Waals surface area contributed by atoms with Crippen LogP contribution in [0.15, 0.2) is 18.2 Å². The van der Waals surface area contributed by atoms with E-state index in [9.17, 15) is 4.79 Å². The van der Waals surface area contributed by atoms with Crippen molar-refractivity contribution in [2.75, 3.05) is 7.11 Å². The van der Waals surface area contributed by atoms with Crippen molar-refractivity contribution in [1.29, 1.82) is 0 Å². The summed E-state index contributed by atoms with van der Waals surface area (Å²) in [5, 5.41) is 9.91. The maximum Gasteiger partial charge on any atom is 0.325 e. The van der Waals surface area contributed by atoms with Gasteiger partial charge in [0.2, 0.25) is 0 Å². The third-order valence-electron chi connectivity index (χ3n) is 3.33. The van der Waals surface area contributed by atoms with E-state index in [4.69, 9.17) is 15.6 Å². The van der Waals surface area contributed by atoms with Gasteiger partial charge in [0.1, 0.15) is 11.8 Å². The van der Waals surface area contributed by atoms with E-state index in [2.05, 4.69) is 0 Å². The van der Waals surface area contributed by atoms with Crippen molar-refractivity contribution in [2.24, 2.45) is 12.8 Å². The highest BCUT2D eigenvalue weighted by Gasteiger charge is 2.23. The molecule has 0 aliphatic heterocycles. The van der Waals surface area contributed by atoms with Gasteiger partial charge in [-0.1, -0.05) is 0 Å². The first-order valence-corrected chi connectivity index (χ1v) is 5.58. The summed E-state index contributed by atoms with van der Waals surface area (Å²) >= 11 is 0. The summed E-state index contributed by atoms with van der Waals surface area (Å²) in [6.07, 6.45) is 0. The molecule has 0 saturated heterocycles. The van der Waals surface area contributed by atoms with Crippen LogP contribution < -0.4 is 10.5 Å². The molecule has 3 N–H and O–H groups in total. The lowest BCUT2D eigenvalue weighted by Gasteiger charge is -2.07. The van der Waals surface area contributed by atoms with E-state index in [-0.39, 0.29) is 0 Å². The fraction of sp³-hybridized carbons (Fsp3) is 0.308. The van der Waals surface area contributed by atoms with Gasteiger partial charge in [0, 0.05) is 29.2 Å². The number of benzene rings is 1. The summed E-state index contributed by atoms with van der Waals surface area (Å²) in [6, 6.07) is 4.54. The SMILES string of the molecule is COc1ccc2c(c1)c(C(N)C(=O)O)c(C)n2C. The average molecular weight is 248 g/mol. The Morgan fingerprint density at radius 2 is 2.17 bits per heavy atom. The number of aryl methyl sites for hydroxylation is 1. The second kappa shape index (κ2) is 4.34. The topological polar surface area (TPSA) is 77.5 Å². The number of carboxylic acid groups (broad SMARTS) is 1. The van der Waals surface area contributed by atoms with Crippen molar-refractivity contribution in [1.82, 2.24) is 4.57 Å². The Morgan fingerprint density at radius 1 is 1.50 bits per heavy atom. The summed E-state index contributed by atoms with van der Waals surface area (Å²) in [5.41, 5.74) is 8.19. The quantitative estimate of drug-likeness (QED) is 0.864. The molecule has 0 aliphatic rings. The zero-order chi connectivity index (χ0) is 13.4. The minimum absolute atomic E-state index is 0.638. The number of hydrogen-bond acceptors (Lipinski definition) is 3. The molecule has 0 spiro atoms. The van der Waals surface area contributed by atoms with Crippen LogP contribution >= 0.6 is 0 Å². The molecule has 1 unspecified atom stereocenters. The molecule has 1 atom stereocenters. The molecule has 0 radical (unpaired) electrons. The van der Waals surface area contributed by atoms with Gasteiger partial charge in [0.25, 0.3) is 0 Å². The van der Waals surface area contributed by atoms with Crippen LogP contribution in [0.25, 0.3) is 10.9 Å². The zero-order valence-electron chi connectivity index (χ0n) is 10.6. The molecule has 2 aromatic rings. The van der Waals surface area contributed by atoms with Crippen LogP contribution in [0.2, 0.25) is 0 Å². The van der Waals surface area contributed by atoms with Crippen molar-refractivity contribution in [2.45, 2.75) is 13.0 Å². The largest absolute Gasteiger partial charge is 0.497 e. The monoisotopic (exact) mass is 248 g/mol. The molecule has 18 heavy (non-hydrogen) atoms. The summed E-state index contributed by atoms with van der Waals surface area (Å²) < 4.78 is 7.11. The first kappa shape index (κ1) is 12.4. The minimum Gasteiger partial charge on any atom is -0.497 e. The van der Waals surface area contributed by atoms with Crippen molar-refractivity contribution >= 4 is 16.9 Å². The van der Waals surface area contributed by atoms with Gasteiger partial charge >= 0.3 is 5.97 Å². The highest BCUT2D eigenvalue weighted by molar-refractivity contribution is 5.91. The van der Waals surface area contributed by atoms with Crippen LogP contribution in [0.5, 0.6) is 5.75 Å². The Balaban J connectivity index is 2.78. The predicted molar refractivity (Wildman–Crippen MR) is 68.8 cm³/mol. The molecule has 0 amide bonds. The van der Waals surface area contributed by atoms with E-state index in [1.807, 2.05) is 36.7 Å². The smallest absolute Gasteiger partial charge is 0.325 e. The summed E-state index contributed by atoms with van der Waals surface area (Å²) in [4.78, 5) is 11.1. The molecule has 0 bridgehead atoms. The number of hydrogen-bond donors (Lipinski definition) is 2. The number of nitrogens with two attached hydrogens (primary N) is 1. The molecule has 1 heterocycles. The molecule has 0 fully saturated rings. The Kier molecular flexibility index (Phi) is 3.00. The van der Waals surface area contributed by atoms with Gasteiger partial charge in [0.05, 0.1) is 7.11 Å². The average Bonchev–Trinajstić information content (AvgIpc) is 2.60. The molecule has 1 aromatic carbocycles. The van der Waals surface area contributed by atoms with Gasteiger partial charge in [-0.3, -0.25) is 4.79 Å². The lowest BCUT2D eigenvalue weighted by Crippen LogP contribution is -2.21. The van der Waals surface area contributed by atoms with Crippen molar-refractivity contribution in [3.63, 3.8) is 0 Å². The number of fused-ring (bicyclic) bond motifs is 1. The lowest BCUT2D eigenvalue weighted by molar-refractivity contribution is -0.138. The molecule has 0 saturated carbocycles. The Morgan fingerprint density at radius 3 is 2.72 bits per heavy atom. The molecule has 5 nitrogen and oxygen atoms in total. The highest BCUT2D eigenvalue weighted by Crippen LogP contribution is 2.31. The van der Waals surface area contributed by atoms with Crippen LogP contribution in [0.1, 0.15) is 17.3 Å². The Labute approximate surface area is 105 Å². The van der Waals surface area contributed by atoms with E-state index in [0.29, 0.717) is 11.3 Å². The first-order chi connectivity index (χ1) is 8.47. The maximum absolute atomic E-state index is 11.1. The number of aromatic nitrogens is 1. The second-order valence-electron chi connectivity index (χ2n) is 4.26. The second-order valence-corrected chi connectivity index (χ2v) is 4.26. The predicted octanol–water partition coefficient (Wildman–Crippen LogP) is 1.58. The van der Waals surface area contributed by atoms with E-state index < -0.39 is 12.0 Å². The normalized spacial score (nSPS) is 12.7. The van der Waals surface area contributed by atoms with Crippen molar-refractivity contribution in [3.8, 4) is 5.75 Å². The van der Waals surface area contributed by atoms with E-state index in [0.717, 1.165) is 16.6 Å². The van der Waals surface area contributed by atoms with Gasteiger partial charge in [-0.25, -0.2) is 0 Å². The van der Waals surface area contributed by atoms with Gasteiger partial charge in [-0.15, -0.1) is 0 Å². The van der Waals surface area contributed by atoms with Crippen LogP contribution in [0.4, 0.5) is 0 Å². The molecule has 2 rings (SSSR count). The van der Waals surface area contributed by atoms with Gasteiger partial charge in [0.15, 0.2) is 0 Å². The van der Waals surface area contributed by atoms with Gasteiger partial charge < -0.3 is 20.1 Å². The molecule has 0 aliphatic carbocycles. The van der Waals surface area contributed by atoms with Gasteiger partial charge in [-0.2, -0.15) is 0 Å². The minimum atomic E-state index is -1.03. The number of carboxylic acids is 1. The number of aliphatic carboxylic acids is 1. The fourth-order valence-corrected chi connectivity index (χ4v) is 2.22. The maximum atomic E-state index is 11.1.